The highest BCUT2D eigenvalue weighted by Crippen LogP contribution is 2.48. The van der Waals surface area contributed by atoms with Crippen LogP contribution in [-0.4, -0.2) is 45.0 Å². The number of nitrogens with zero attached hydrogens (tertiary/aromatic N) is 2. The highest BCUT2D eigenvalue weighted by Gasteiger charge is 2.41. The van der Waals surface area contributed by atoms with Crippen molar-refractivity contribution in [3.63, 3.8) is 0 Å². The summed E-state index contributed by atoms with van der Waals surface area (Å²) >= 11 is 0. The fourth-order valence-electron chi connectivity index (χ4n) is 2.35. The zero-order chi connectivity index (χ0) is 18.6. The van der Waals surface area contributed by atoms with E-state index in [-0.39, 0.29) is 25.0 Å². The monoisotopic (exact) mass is 375 g/mol. The van der Waals surface area contributed by atoms with Crippen LogP contribution in [0.25, 0.3) is 0 Å². The summed E-state index contributed by atoms with van der Waals surface area (Å²) in [5.74, 6) is 0. The number of aromatic amines is 1. The normalized spacial score (nSPS) is 25.4. The molecule has 0 amide bonds. The van der Waals surface area contributed by atoms with Gasteiger partial charge in [0.05, 0.1) is 25.7 Å². The van der Waals surface area contributed by atoms with Crippen LogP contribution in [-0.2, 0) is 18.3 Å². The molecule has 1 aliphatic rings. The van der Waals surface area contributed by atoms with Gasteiger partial charge in [-0.25, -0.2) is 9.36 Å². The van der Waals surface area contributed by atoms with Crippen LogP contribution in [0.4, 0.5) is 0 Å². The lowest BCUT2D eigenvalue weighted by Crippen LogP contribution is -2.33. The van der Waals surface area contributed by atoms with Gasteiger partial charge in [0.1, 0.15) is 18.4 Å². The molecular weight excluding hydrogens is 357 g/mol. The first-order valence-electron chi connectivity index (χ1n) is 7.38. The van der Waals surface area contributed by atoms with Gasteiger partial charge in [-0.2, -0.15) is 5.26 Å². The van der Waals surface area contributed by atoms with E-state index in [4.69, 9.17) is 14.5 Å². The van der Waals surface area contributed by atoms with Crippen LogP contribution in [0.2, 0.25) is 0 Å². The van der Waals surface area contributed by atoms with Crippen molar-refractivity contribution in [3.8, 4) is 6.07 Å². The maximum Gasteiger partial charge on any atom is 0.472 e. The predicted octanol–water partition coefficient (Wildman–Crippen LogP) is -0.459. The van der Waals surface area contributed by atoms with Crippen molar-refractivity contribution >= 4 is 7.82 Å². The quantitative estimate of drug-likeness (QED) is 0.422. The van der Waals surface area contributed by atoms with Crippen molar-refractivity contribution in [1.82, 2.24) is 9.55 Å². The number of rotatable bonds is 7. The van der Waals surface area contributed by atoms with Gasteiger partial charge in [-0.3, -0.25) is 23.4 Å². The fraction of sp³-hybridized carbons (Fsp3) is 0.615. The third-order valence-electron chi connectivity index (χ3n) is 3.55. The molecule has 0 aliphatic carbocycles. The number of phosphoric acid groups is 1. The summed E-state index contributed by atoms with van der Waals surface area (Å²) in [5, 5.41) is 17.8. The smallest absolute Gasteiger partial charge is 0.394 e. The molecule has 1 saturated heterocycles. The number of aliphatic hydroxyl groups is 1. The lowest BCUT2D eigenvalue weighted by molar-refractivity contribution is -0.0463. The number of phosphoric ester groups is 1. The van der Waals surface area contributed by atoms with Gasteiger partial charge in [0.25, 0.3) is 5.56 Å². The van der Waals surface area contributed by atoms with E-state index in [1.54, 1.807) is 6.07 Å². The zero-order valence-corrected chi connectivity index (χ0v) is 14.2. The Morgan fingerprint density at radius 1 is 1.56 bits per heavy atom. The summed E-state index contributed by atoms with van der Waals surface area (Å²) < 4.78 is 28.1. The molecule has 2 heterocycles. The van der Waals surface area contributed by atoms with Gasteiger partial charge < -0.3 is 14.7 Å². The lowest BCUT2D eigenvalue weighted by atomic mass is 10.2. The molecule has 2 rings (SSSR count). The highest BCUT2D eigenvalue weighted by molar-refractivity contribution is 7.47. The Morgan fingerprint density at radius 2 is 2.28 bits per heavy atom. The summed E-state index contributed by atoms with van der Waals surface area (Å²) in [6.07, 6.45) is -1.71. The minimum atomic E-state index is -4.46. The Kier molecular flexibility index (Phi) is 6.29. The van der Waals surface area contributed by atoms with Crippen LogP contribution in [0.5, 0.6) is 0 Å². The molecule has 1 aliphatic heterocycles. The van der Waals surface area contributed by atoms with Crippen molar-refractivity contribution in [2.24, 2.45) is 0 Å². The van der Waals surface area contributed by atoms with E-state index >= 15 is 0 Å². The maximum absolute atomic E-state index is 11.9. The molecule has 0 radical (unpaired) electrons. The van der Waals surface area contributed by atoms with E-state index in [0.29, 0.717) is 0 Å². The van der Waals surface area contributed by atoms with Crippen LogP contribution in [0.1, 0.15) is 24.6 Å². The SMILES string of the molecule is Cc1cn([C@H]2C[C@H](OP(=O)(O)OCCC#N)[C@@H](CO)O2)c(=O)[nH]c1=O. The van der Waals surface area contributed by atoms with Crippen LogP contribution >= 0.6 is 7.82 Å². The molecule has 1 aromatic rings. The molecular formula is C13H18N3O8P. The second-order valence-corrected chi connectivity index (χ2v) is 6.79. The number of nitriles is 1. The standard InChI is InChI=1S/C13H18N3O8P/c1-8-6-16(13(19)15-12(8)18)11-5-9(10(7-17)23-11)24-25(20,21)22-4-2-3-14/h6,9-11,17H,2,4-5,7H2,1H3,(H,20,21)(H,15,18,19)/t9-,10+,11+/m0/s1. The van der Waals surface area contributed by atoms with E-state index < -0.39 is 44.1 Å². The largest absolute Gasteiger partial charge is 0.472 e. The Hall–Kier alpha value is -1.80. The van der Waals surface area contributed by atoms with Gasteiger partial charge >= 0.3 is 13.5 Å². The van der Waals surface area contributed by atoms with Crippen LogP contribution in [0, 0.1) is 18.3 Å². The van der Waals surface area contributed by atoms with Crippen molar-refractivity contribution in [1.29, 1.82) is 5.26 Å². The number of ether oxygens (including phenoxy) is 1. The second-order valence-electron chi connectivity index (χ2n) is 5.38. The lowest BCUT2D eigenvalue weighted by Gasteiger charge is -2.19. The van der Waals surface area contributed by atoms with Gasteiger partial charge in [0, 0.05) is 18.2 Å². The van der Waals surface area contributed by atoms with E-state index in [2.05, 4.69) is 9.51 Å². The molecule has 138 valence electrons. The van der Waals surface area contributed by atoms with Crippen molar-refractivity contribution in [2.75, 3.05) is 13.2 Å². The molecule has 1 fully saturated rings. The average molecular weight is 375 g/mol. The number of aliphatic hydroxyl groups excluding tert-OH is 1. The maximum atomic E-state index is 11.9. The first kappa shape index (κ1) is 19.5. The number of hydrogen-bond acceptors (Lipinski definition) is 8. The van der Waals surface area contributed by atoms with E-state index in [9.17, 15) is 24.2 Å². The first-order valence-corrected chi connectivity index (χ1v) is 8.88. The molecule has 0 saturated carbocycles. The van der Waals surface area contributed by atoms with Crippen LogP contribution in [0.15, 0.2) is 15.8 Å². The third-order valence-corrected chi connectivity index (χ3v) is 4.60. The molecule has 0 bridgehead atoms. The fourth-order valence-corrected chi connectivity index (χ4v) is 3.30. The van der Waals surface area contributed by atoms with E-state index in [0.717, 1.165) is 4.57 Å². The number of H-pyrrole nitrogens is 1. The number of nitrogens with one attached hydrogen (secondary N) is 1. The van der Waals surface area contributed by atoms with E-state index in [1.165, 1.54) is 13.1 Å². The molecule has 0 spiro atoms. The summed E-state index contributed by atoms with van der Waals surface area (Å²) in [6.45, 7) is 0.701. The highest BCUT2D eigenvalue weighted by atomic mass is 31.2. The van der Waals surface area contributed by atoms with Crippen molar-refractivity contribution in [2.45, 2.75) is 38.2 Å². The molecule has 0 aromatic carbocycles. The molecule has 1 aromatic heterocycles. The number of hydrogen-bond donors (Lipinski definition) is 3. The van der Waals surface area contributed by atoms with Crippen LogP contribution < -0.4 is 11.2 Å². The van der Waals surface area contributed by atoms with Crippen LogP contribution in [0.3, 0.4) is 0 Å². The Bertz CT molecular complexity index is 813. The van der Waals surface area contributed by atoms with Gasteiger partial charge in [0.2, 0.25) is 0 Å². The minimum absolute atomic E-state index is 0.0250. The average Bonchev–Trinajstić information content (AvgIpc) is 2.92. The van der Waals surface area contributed by atoms with Gasteiger partial charge in [-0.15, -0.1) is 0 Å². The summed E-state index contributed by atoms with van der Waals surface area (Å²) in [5.41, 5.74) is -0.965. The molecule has 3 N–H and O–H groups in total. The predicted molar refractivity (Wildman–Crippen MR) is 82.6 cm³/mol. The molecule has 11 nitrogen and oxygen atoms in total. The molecule has 4 atom stereocenters. The third kappa shape index (κ3) is 4.85. The molecule has 1 unspecified atom stereocenters. The first-order chi connectivity index (χ1) is 11.8. The van der Waals surface area contributed by atoms with E-state index in [1.807, 2.05) is 0 Å². The zero-order valence-electron chi connectivity index (χ0n) is 13.3. The Balaban J connectivity index is 2.14. The van der Waals surface area contributed by atoms with Gasteiger partial charge in [-0.05, 0) is 6.92 Å². The Morgan fingerprint density at radius 3 is 2.92 bits per heavy atom. The minimum Gasteiger partial charge on any atom is -0.394 e. The topological polar surface area (TPSA) is 164 Å². The van der Waals surface area contributed by atoms with Crippen molar-refractivity contribution < 1.29 is 28.3 Å². The molecule has 25 heavy (non-hydrogen) atoms. The number of aromatic nitrogens is 2. The molecule has 12 heteroatoms. The summed E-state index contributed by atoms with van der Waals surface area (Å²) in [7, 11) is -4.46. The second kappa shape index (κ2) is 8.05. The number of aryl methyl sites for hydroxylation is 1. The van der Waals surface area contributed by atoms with Gasteiger partial charge in [-0.1, -0.05) is 0 Å². The summed E-state index contributed by atoms with van der Waals surface area (Å²) in [4.78, 5) is 35.1. The Labute approximate surface area is 142 Å². The summed E-state index contributed by atoms with van der Waals surface area (Å²) in [6, 6.07) is 1.75. The van der Waals surface area contributed by atoms with Gasteiger partial charge in [0.15, 0.2) is 0 Å². The van der Waals surface area contributed by atoms with Crippen molar-refractivity contribution in [3.05, 3.63) is 32.6 Å².